The fraction of sp³-hybridized carbons (Fsp3) is 0.882. The molecule has 1 amide bonds. The average molecular weight is 472 g/mol. The minimum absolute atomic E-state index is 0. The van der Waals surface area contributed by atoms with E-state index in [9.17, 15) is 4.79 Å². The number of carbonyl (C=O) groups excluding carboxylic acids is 1. The second-order valence-electron chi connectivity index (χ2n) is 6.90. The van der Waals surface area contributed by atoms with Crippen molar-refractivity contribution in [3.05, 3.63) is 0 Å². The SMILES string of the molecule is CCOCCCNC(=NC)NCC(C)CN(C)C(=O)OC(C)(C)C.I. The molecule has 0 saturated carbocycles. The molecule has 0 aliphatic rings. The summed E-state index contributed by atoms with van der Waals surface area (Å²) in [6.07, 6.45) is 0.638. The number of aliphatic imine (C=N–C) groups is 1. The predicted molar refractivity (Wildman–Crippen MR) is 114 cm³/mol. The molecule has 0 aliphatic carbocycles. The molecule has 0 aromatic carbocycles. The fourth-order valence-corrected chi connectivity index (χ4v) is 1.96. The van der Waals surface area contributed by atoms with Gasteiger partial charge in [0.25, 0.3) is 0 Å². The van der Waals surface area contributed by atoms with Crippen LogP contribution < -0.4 is 10.6 Å². The Kier molecular flexibility index (Phi) is 15.2. The lowest BCUT2D eigenvalue weighted by molar-refractivity contribution is 0.0278. The summed E-state index contributed by atoms with van der Waals surface area (Å²) < 4.78 is 10.6. The van der Waals surface area contributed by atoms with E-state index in [1.54, 1.807) is 19.0 Å². The topological polar surface area (TPSA) is 75.2 Å². The van der Waals surface area contributed by atoms with Crippen LogP contribution in [0.4, 0.5) is 4.79 Å². The van der Waals surface area contributed by atoms with Crippen molar-refractivity contribution in [1.29, 1.82) is 0 Å². The van der Waals surface area contributed by atoms with E-state index in [4.69, 9.17) is 9.47 Å². The van der Waals surface area contributed by atoms with Crippen LogP contribution in [0.25, 0.3) is 0 Å². The number of ether oxygens (including phenoxy) is 2. The lowest BCUT2D eigenvalue weighted by Crippen LogP contribution is -2.43. The van der Waals surface area contributed by atoms with Crippen LogP contribution in [0, 0.1) is 5.92 Å². The van der Waals surface area contributed by atoms with E-state index in [1.807, 2.05) is 27.7 Å². The van der Waals surface area contributed by atoms with Gasteiger partial charge in [0.05, 0.1) is 0 Å². The molecule has 8 heteroatoms. The summed E-state index contributed by atoms with van der Waals surface area (Å²) in [5.74, 6) is 1.03. The first kappa shape index (κ1) is 26.5. The van der Waals surface area contributed by atoms with Gasteiger partial charge >= 0.3 is 6.09 Å². The molecule has 25 heavy (non-hydrogen) atoms. The number of halogens is 1. The Hall–Kier alpha value is -0.770. The molecule has 0 saturated heterocycles. The van der Waals surface area contributed by atoms with Crippen LogP contribution in [0.2, 0.25) is 0 Å². The van der Waals surface area contributed by atoms with E-state index in [-0.39, 0.29) is 36.0 Å². The zero-order valence-corrected chi connectivity index (χ0v) is 19.2. The molecule has 0 spiro atoms. The Balaban J connectivity index is 0. The highest BCUT2D eigenvalue weighted by Crippen LogP contribution is 2.10. The predicted octanol–water partition coefficient (Wildman–Crippen LogP) is 2.70. The summed E-state index contributed by atoms with van der Waals surface area (Å²) in [6, 6.07) is 0. The largest absolute Gasteiger partial charge is 0.444 e. The van der Waals surface area contributed by atoms with Crippen LogP contribution in [0.3, 0.4) is 0 Å². The zero-order chi connectivity index (χ0) is 18.6. The third kappa shape index (κ3) is 15.2. The molecule has 2 N–H and O–H groups in total. The van der Waals surface area contributed by atoms with Gasteiger partial charge in [0.1, 0.15) is 5.60 Å². The standard InChI is InChI=1S/C17H36N4O3.HI/c1-8-23-11-9-10-19-15(18-6)20-12-14(2)13-21(7)16(22)24-17(3,4)5;/h14H,8-13H2,1-7H3,(H2,18,19,20);1H. The van der Waals surface area contributed by atoms with Gasteiger partial charge in [-0.25, -0.2) is 4.79 Å². The highest BCUT2D eigenvalue weighted by molar-refractivity contribution is 14.0. The summed E-state index contributed by atoms with van der Waals surface area (Å²) >= 11 is 0. The molecular weight excluding hydrogens is 435 g/mol. The second kappa shape index (κ2) is 14.4. The molecule has 0 fully saturated rings. The van der Waals surface area contributed by atoms with Gasteiger partial charge in [-0.1, -0.05) is 6.92 Å². The van der Waals surface area contributed by atoms with Crippen LogP contribution in [-0.4, -0.2) is 69.5 Å². The number of rotatable bonds is 9. The average Bonchev–Trinajstić information content (AvgIpc) is 2.48. The Labute approximate surface area is 170 Å². The van der Waals surface area contributed by atoms with Crippen molar-refractivity contribution in [2.45, 2.75) is 46.6 Å². The van der Waals surface area contributed by atoms with Gasteiger partial charge in [0, 0.05) is 46.9 Å². The lowest BCUT2D eigenvalue weighted by Gasteiger charge is -2.26. The van der Waals surface area contributed by atoms with Crippen LogP contribution in [0.5, 0.6) is 0 Å². The molecule has 1 atom stereocenters. The molecule has 0 aliphatic heterocycles. The van der Waals surface area contributed by atoms with E-state index < -0.39 is 5.60 Å². The number of amides is 1. The monoisotopic (exact) mass is 472 g/mol. The van der Waals surface area contributed by atoms with Crippen molar-refractivity contribution in [3.8, 4) is 0 Å². The summed E-state index contributed by atoms with van der Waals surface area (Å²) in [5.41, 5.74) is -0.472. The minimum Gasteiger partial charge on any atom is -0.444 e. The maximum Gasteiger partial charge on any atom is 0.410 e. The first-order valence-corrected chi connectivity index (χ1v) is 8.66. The Morgan fingerprint density at radius 3 is 2.44 bits per heavy atom. The zero-order valence-electron chi connectivity index (χ0n) is 16.8. The molecule has 0 heterocycles. The third-order valence-corrected chi connectivity index (χ3v) is 3.09. The van der Waals surface area contributed by atoms with Crippen LogP contribution in [0.15, 0.2) is 4.99 Å². The van der Waals surface area contributed by atoms with Crippen molar-refractivity contribution >= 4 is 36.0 Å². The van der Waals surface area contributed by atoms with Gasteiger partial charge in [-0.3, -0.25) is 4.99 Å². The van der Waals surface area contributed by atoms with E-state index in [2.05, 4.69) is 22.5 Å². The van der Waals surface area contributed by atoms with E-state index in [1.165, 1.54) is 0 Å². The highest BCUT2D eigenvalue weighted by atomic mass is 127. The van der Waals surface area contributed by atoms with Crippen LogP contribution in [0.1, 0.15) is 41.0 Å². The van der Waals surface area contributed by atoms with Gasteiger partial charge in [0.2, 0.25) is 0 Å². The lowest BCUT2D eigenvalue weighted by atomic mass is 10.1. The van der Waals surface area contributed by atoms with Crippen molar-refractivity contribution in [2.24, 2.45) is 10.9 Å². The Morgan fingerprint density at radius 2 is 1.92 bits per heavy atom. The van der Waals surface area contributed by atoms with E-state index >= 15 is 0 Å². The first-order valence-electron chi connectivity index (χ1n) is 8.66. The normalized spacial score (nSPS) is 12.8. The van der Waals surface area contributed by atoms with Gasteiger partial charge in [0.15, 0.2) is 5.96 Å². The summed E-state index contributed by atoms with van der Waals surface area (Å²) in [7, 11) is 3.50. The summed E-state index contributed by atoms with van der Waals surface area (Å²) in [6.45, 7) is 13.3. The van der Waals surface area contributed by atoms with E-state index in [0.717, 1.165) is 38.7 Å². The number of nitrogens with one attached hydrogen (secondary N) is 2. The van der Waals surface area contributed by atoms with Crippen LogP contribution in [-0.2, 0) is 9.47 Å². The Morgan fingerprint density at radius 1 is 1.28 bits per heavy atom. The second-order valence-corrected chi connectivity index (χ2v) is 6.90. The highest BCUT2D eigenvalue weighted by Gasteiger charge is 2.20. The van der Waals surface area contributed by atoms with Gasteiger partial charge < -0.3 is 25.0 Å². The smallest absolute Gasteiger partial charge is 0.410 e. The first-order chi connectivity index (χ1) is 11.2. The maximum absolute atomic E-state index is 12.0. The molecule has 0 rings (SSSR count). The fourth-order valence-electron chi connectivity index (χ4n) is 1.96. The number of carbonyl (C=O) groups is 1. The van der Waals surface area contributed by atoms with E-state index in [0.29, 0.717) is 6.54 Å². The maximum atomic E-state index is 12.0. The third-order valence-electron chi connectivity index (χ3n) is 3.09. The van der Waals surface area contributed by atoms with Gasteiger partial charge in [-0.15, -0.1) is 24.0 Å². The molecule has 0 bridgehead atoms. The molecule has 150 valence electrons. The van der Waals surface area contributed by atoms with Gasteiger partial charge in [-0.05, 0) is 40.0 Å². The summed E-state index contributed by atoms with van der Waals surface area (Å²) in [5, 5.41) is 6.52. The van der Waals surface area contributed by atoms with Crippen LogP contribution >= 0.6 is 24.0 Å². The Bertz CT molecular complexity index is 387. The molecule has 0 aromatic rings. The number of hydrogen-bond acceptors (Lipinski definition) is 4. The van der Waals surface area contributed by atoms with Gasteiger partial charge in [-0.2, -0.15) is 0 Å². The van der Waals surface area contributed by atoms with Crippen molar-refractivity contribution < 1.29 is 14.3 Å². The molecular formula is C17H37IN4O3. The van der Waals surface area contributed by atoms with Crippen molar-refractivity contribution in [3.63, 3.8) is 0 Å². The molecule has 7 nitrogen and oxygen atoms in total. The molecule has 1 unspecified atom stereocenters. The summed E-state index contributed by atoms with van der Waals surface area (Å²) in [4.78, 5) is 17.7. The number of guanidine groups is 1. The minimum atomic E-state index is -0.472. The van der Waals surface area contributed by atoms with Crippen molar-refractivity contribution in [1.82, 2.24) is 15.5 Å². The quantitative estimate of drug-likeness (QED) is 0.234. The number of nitrogens with zero attached hydrogens (tertiary/aromatic N) is 2. The molecule has 0 radical (unpaired) electrons. The number of hydrogen-bond donors (Lipinski definition) is 2. The van der Waals surface area contributed by atoms with Crippen molar-refractivity contribution in [2.75, 3.05) is 46.9 Å². The molecule has 0 aromatic heterocycles.